The predicted molar refractivity (Wildman–Crippen MR) is 46.1 cm³/mol. The molecule has 1 aliphatic carbocycles. The molecular formula is C9H18O3. The van der Waals surface area contributed by atoms with Crippen molar-refractivity contribution in [2.45, 2.75) is 31.8 Å². The molecule has 72 valence electrons. The SMILES string of the molecule is OCCOCCOC1CCCC1. The molecule has 1 N–H and O–H groups in total. The van der Waals surface area contributed by atoms with E-state index >= 15 is 0 Å². The zero-order valence-electron chi connectivity index (χ0n) is 7.50. The van der Waals surface area contributed by atoms with Gasteiger partial charge in [0, 0.05) is 0 Å². The molecule has 0 atom stereocenters. The van der Waals surface area contributed by atoms with Crippen molar-refractivity contribution in [3.05, 3.63) is 0 Å². The first-order valence-corrected chi connectivity index (χ1v) is 4.73. The van der Waals surface area contributed by atoms with E-state index in [2.05, 4.69) is 0 Å². The second-order valence-electron chi connectivity index (χ2n) is 3.11. The minimum atomic E-state index is 0.101. The number of hydrogen-bond acceptors (Lipinski definition) is 3. The molecule has 3 heteroatoms. The molecule has 12 heavy (non-hydrogen) atoms. The summed E-state index contributed by atoms with van der Waals surface area (Å²) in [5.74, 6) is 0. The second kappa shape index (κ2) is 6.40. The number of aliphatic hydroxyl groups is 1. The molecule has 3 nitrogen and oxygen atoms in total. The van der Waals surface area contributed by atoms with E-state index in [-0.39, 0.29) is 6.61 Å². The fraction of sp³-hybridized carbons (Fsp3) is 1.00. The van der Waals surface area contributed by atoms with Gasteiger partial charge in [-0.25, -0.2) is 0 Å². The summed E-state index contributed by atoms with van der Waals surface area (Å²) >= 11 is 0. The van der Waals surface area contributed by atoms with E-state index in [1.165, 1.54) is 25.7 Å². The van der Waals surface area contributed by atoms with Crippen LogP contribution in [-0.2, 0) is 9.47 Å². The Labute approximate surface area is 73.7 Å². The molecule has 0 unspecified atom stereocenters. The maximum absolute atomic E-state index is 8.41. The first-order valence-electron chi connectivity index (χ1n) is 4.73. The van der Waals surface area contributed by atoms with E-state index in [0.29, 0.717) is 25.9 Å². The third-order valence-corrected chi connectivity index (χ3v) is 2.12. The molecule has 0 aromatic rings. The van der Waals surface area contributed by atoms with Gasteiger partial charge in [0.15, 0.2) is 0 Å². The summed E-state index contributed by atoms with van der Waals surface area (Å²) in [6, 6.07) is 0. The normalized spacial score (nSPS) is 18.8. The van der Waals surface area contributed by atoms with Gasteiger partial charge in [0.1, 0.15) is 0 Å². The quantitative estimate of drug-likeness (QED) is 0.609. The van der Waals surface area contributed by atoms with Crippen molar-refractivity contribution in [1.82, 2.24) is 0 Å². The van der Waals surface area contributed by atoms with Gasteiger partial charge in [0.25, 0.3) is 0 Å². The highest BCUT2D eigenvalue weighted by molar-refractivity contribution is 4.66. The van der Waals surface area contributed by atoms with Gasteiger partial charge < -0.3 is 14.6 Å². The lowest BCUT2D eigenvalue weighted by Crippen LogP contribution is -2.13. The maximum atomic E-state index is 8.41. The molecule has 0 aliphatic heterocycles. The first kappa shape index (κ1) is 9.96. The van der Waals surface area contributed by atoms with Crippen LogP contribution < -0.4 is 0 Å². The van der Waals surface area contributed by atoms with Crippen molar-refractivity contribution >= 4 is 0 Å². The number of ether oxygens (including phenoxy) is 2. The molecule has 0 saturated heterocycles. The highest BCUT2D eigenvalue weighted by Gasteiger charge is 2.14. The number of rotatable bonds is 6. The van der Waals surface area contributed by atoms with Gasteiger partial charge in [-0.1, -0.05) is 12.8 Å². The Balaban J connectivity index is 1.81. The van der Waals surface area contributed by atoms with E-state index in [0.717, 1.165) is 0 Å². The average Bonchev–Trinajstić information content (AvgIpc) is 2.57. The monoisotopic (exact) mass is 174 g/mol. The van der Waals surface area contributed by atoms with E-state index in [9.17, 15) is 0 Å². The van der Waals surface area contributed by atoms with Crippen LogP contribution in [0.4, 0.5) is 0 Å². The molecule has 0 bridgehead atoms. The Morgan fingerprint density at radius 2 is 1.83 bits per heavy atom. The smallest absolute Gasteiger partial charge is 0.0704 e. The molecule has 0 amide bonds. The van der Waals surface area contributed by atoms with Crippen molar-refractivity contribution in [3.63, 3.8) is 0 Å². The van der Waals surface area contributed by atoms with Gasteiger partial charge in [-0.3, -0.25) is 0 Å². The molecule has 0 aromatic carbocycles. The van der Waals surface area contributed by atoms with Crippen LogP contribution in [0.25, 0.3) is 0 Å². The summed E-state index contributed by atoms with van der Waals surface area (Å²) in [6.45, 7) is 1.80. The molecule has 1 fully saturated rings. The van der Waals surface area contributed by atoms with Crippen LogP contribution in [0.15, 0.2) is 0 Å². The van der Waals surface area contributed by atoms with E-state index in [1.807, 2.05) is 0 Å². The van der Waals surface area contributed by atoms with Gasteiger partial charge in [-0.05, 0) is 12.8 Å². The molecule has 0 radical (unpaired) electrons. The topological polar surface area (TPSA) is 38.7 Å². The molecule has 0 heterocycles. The third kappa shape index (κ3) is 4.04. The fourth-order valence-electron chi connectivity index (χ4n) is 1.50. The zero-order valence-corrected chi connectivity index (χ0v) is 7.50. The zero-order chi connectivity index (χ0) is 8.65. The minimum absolute atomic E-state index is 0.101. The van der Waals surface area contributed by atoms with Crippen molar-refractivity contribution in [2.24, 2.45) is 0 Å². The number of hydrogen-bond donors (Lipinski definition) is 1. The fourth-order valence-corrected chi connectivity index (χ4v) is 1.50. The van der Waals surface area contributed by atoms with Crippen LogP contribution in [0.5, 0.6) is 0 Å². The average molecular weight is 174 g/mol. The van der Waals surface area contributed by atoms with Gasteiger partial charge >= 0.3 is 0 Å². The molecule has 1 saturated carbocycles. The van der Waals surface area contributed by atoms with E-state index in [4.69, 9.17) is 14.6 Å². The Bertz CT molecular complexity index is 99.9. The summed E-state index contributed by atoms with van der Waals surface area (Å²) in [5.41, 5.74) is 0. The highest BCUT2D eigenvalue weighted by Crippen LogP contribution is 2.20. The Hall–Kier alpha value is -0.120. The van der Waals surface area contributed by atoms with Crippen LogP contribution >= 0.6 is 0 Å². The number of aliphatic hydroxyl groups excluding tert-OH is 1. The first-order chi connectivity index (χ1) is 5.93. The van der Waals surface area contributed by atoms with Crippen LogP contribution in [0.2, 0.25) is 0 Å². The Morgan fingerprint density at radius 1 is 1.08 bits per heavy atom. The summed E-state index contributed by atoms with van der Waals surface area (Å²) in [6.07, 6.45) is 5.51. The Kier molecular flexibility index (Phi) is 5.32. The largest absolute Gasteiger partial charge is 0.394 e. The molecule has 1 aliphatic rings. The standard InChI is InChI=1S/C9H18O3/c10-5-6-11-7-8-12-9-3-1-2-4-9/h9-10H,1-8H2. The molecule has 0 spiro atoms. The van der Waals surface area contributed by atoms with E-state index < -0.39 is 0 Å². The van der Waals surface area contributed by atoms with Crippen molar-refractivity contribution in [1.29, 1.82) is 0 Å². The minimum Gasteiger partial charge on any atom is -0.394 e. The van der Waals surface area contributed by atoms with E-state index in [1.54, 1.807) is 0 Å². The molecule has 1 rings (SSSR count). The van der Waals surface area contributed by atoms with Crippen LogP contribution in [-0.4, -0.2) is 37.6 Å². The van der Waals surface area contributed by atoms with Crippen LogP contribution in [0.3, 0.4) is 0 Å². The lowest BCUT2D eigenvalue weighted by Gasteiger charge is -2.10. The molecular weight excluding hydrogens is 156 g/mol. The van der Waals surface area contributed by atoms with Crippen molar-refractivity contribution in [3.8, 4) is 0 Å². The van der Waals surface area contributed by atoms with Crippen LogP contribution in [0, 0.1) is 0 Å². The summed E-state index contributed by atoms with van der Waals surface area (Å²) in [5, 5.41) is 8.41. The van der Waals surface area contributed by atoms with Crippen LogP contribution in [0.1, 0.15) is 25.7 Å². The summed E-state index contributed by atoms with van der Waals surface area (Å²) in [7, 11) is 0. The van der Waals surface area contributed by atoms with Gasteiger partial charge in [0.05, 0.1) is 32.5 Å². The Morgan fingerprint density at radius 3 is 2.50 bits per heavy atom. The maximum Gasteiger partial charge on any atom is 0.0704 e. The van der Waals surface area contributed by atoms with Crippen molar-refractivity contribution < 1.29 is 14.6 Å². The van der Waals surface area contributed by atoms with Gasteiger partial charge in [-0.2, -0.15) is 0 Å². The van der Waals surface area contributed by atoms with Gasteiger partial charge in [-0.15, -0.1) is 0 Å². The van der Waals surface area contributed by atoms with Gasteiger partial charge in [0.2, 0.25) is 0 Å². The van der Waals surface area contributed by atoms with Crippen molar-refractivity contribution in [2.75, 3.05) is 26.4 Å². The summed E-state index contributed by atoms with van der Waals surface area (Å²) < 4.78 is 10.6. The summed E-state index contributed by atoms with van der Waals surface area (Å²) in [4.78, 5) is 0. The lowest BCUT2D eigenvalue weighted by molar-refractivity contribution is 0.000415. The highest BCUT2D eigenvalue weighted by atomic mass is 16.5. The lowest BCUT2D eigenvalue weighted by atomic mass is 10.3. The molecule has 0 aromatic heterocycles. The third-order valence-electron chi connectivity index (χ3n) is 2.12. The predicted octanol–water partition coefficient (Wildman–Crippen LogP) is 0.954. The second-order valence-corrected chi connectivity index (χ2v) is 3.11.